The number of pyridine rings is 1. The van der Waals surface area contributed by atoms with Gasteiger partial charge in [-0.25, -0.2) is 18.2 Å². The molecular weight excluding hydrogens is 839 g/mol. The highest BCUT2D eigenvalue weighted by Crippen LogP contribution is 2.46. The Bertz CT molecular complexity index is 2410. The summed E-state index contributed by atoms with van der Waals surface area (Å²) in [5.74, 6) is -1.02. The van der Waals surface area contributed by atoms with E-state index in [4.69, 9.17) is 23.9 Å². The first-order valence-corrected chi connectivity index (χ1v) is 24.1. The molecule has 64 heavy (non-hydrogen) atoms. The molecule has 0 bridgehead atoms. The molecule has 2 aliphatic carbocycles. The summed E-state index contributed by atoms with van der Waals surface area (Å²) in [6.07, 6.45) is 6.25. The van der Waals surface area contributed by atoms with Crippen LogP contribution in [0, 0.1) is 24.7 Å². The maximum atomic E-state index is 15.1. The number of fused-ring (bicyclic) bond motifs is 3. The van der Waals surface area contributed by atoms with Gasteiger partial charge in [0, 0.05) is 23.3 Å². The van der Waals surface area contributed by atoms with Crippen molar-refractivity contribution in [2.45, 2.75) is 134 Å². The van der Waals surface area contributed by atoms with Crippen molar-refractivity contribution in [2.24, 2.45) is 17.8 Å². The van der Waals surface area contributed by atoms with E-state index in [0.29, 0.717) is 49.1 Å². The lowest BCUT2D eigenvalue weighted by Gasteiger charge is -2.33. The number of amides is 4. The second-order valence-electron chi connectivity index (χ2n) is 19.1. The first kappa shape index (κ1) is 46.6. The minimum absolute atomic E-state index is 0.00316. The zero-order valence-corrected chi connectivity index (χ0v) is 39.0. The van der Waals surface area contributed by atoms with Gasteiger partial charge in [0.15, 0.2) is 0 Å². The average Bonchev–Trinajstić information content (AvgIpc) is 4.16. The number of hydrogen-bond donors (Lipinski definition) is 3. The van der Waals surface area contributed by atoms with Gasteiger partial charge in [-0.2, -0.15) is 0 Å². The van der Waals surface area contributed by atoms with Crippen LogP contribution in [-0.4, -0.2) is 97.0 Å². The summed E-state index contributed by atoms with van der Waals surface area (Å²) in [6, 6.07) is 11.1. The highest BCUT2D eigenvalue weighted by atomic mass is 32.2. The number of carbonyl (C=O) groups excluding carboxylic acids is 4. The maximum Gasteiger partial charge on any atom is 0.408 e. The number of methoxy groups -OCH3 is 1. The minimum Gasteiger partial charge on any atom is -0.497 e. The summed E-state index contributed by atoms with van der Waals surface area (Å²) in [7, 11) is -2.34. The van der Waals surface area contributed by atoms with E-state index in [1.165, 1.54) is 4.90 Å². The molecule has 0 unspecified atom stereocenters. The molecule has 2 aromatic carbocycles. The van der Waals surface area contributed by atoms with E-state index in [2.05, 4.69) is 22.3 Å². The van der Waals surface area contributed by atoms with Gasteiger partial charge in [0.2, 0.25) is 27.7 Å². The fourth-order valence-corrected chi connectivity index (χ4v) is 10.1. The Morgan fingerprint density at radius 3 is 2.50 bits per heavy atom. The molecule has 7 rings (SSSR count). The lowest BCUT2D eigenvalue weighted by atomic mass is 9.88. The number of aryl methyl sites for hydroxylation is 1. The summed E-state index contributed by atoms with van der Waals surface area (Å²) in [5.41, 5.74) is -0.0153. The molecule has 3 aromatic rings. The molecule has 3 fully saturated rings. The van der Waals surface area contributed by atoms with Gasteiger partial charge in [0.25, 0.3) is 5.91 Å². The van der Waals surface area contributed by atoms with Crippen LogP contribution >= 0.6 is 0 Å². The van der Waals surface area contributed by atoms with Crippen molar-refractivity contribution in [2.75, 3.05) is 20.3 Å². The number of carbonyl (C=O) groups is 4. The Hall–Kier alpha value is -5.38. The number of allylic oxidation sites excluding steroid dienone is 1. The molecule has 4 aliphatic rings. The standard InChI is InChI=1S/C48H63N5O10S/c1-9-20-61-40-24-31(15-14-29(40)3)38-23-32-22-34(60-8)16-19-37(32)43(49-38)62-35-25-39-42(54)51-48(45(56)52-64(58,59)36-17-18-36)26-33(48)13-11-10-12-28(2)21-30(4)41(44(55)53(39)27-35)50-46(57)63-47(5,6)7/h11,13-16,19,22-24,28,30,33,35-36,39,41H,9-10,12,17-18,20-21,25-27H2,1-8H3,(H,50,57)(H,51,54)(H,52,56)/b13-11-/t28-,30-,33-,35-,39+,41+,48-/m1/s1. The number of nitrogens with one attached hydrogen (secondary N) is 3. The van der Waals surface area contributed by atoms with Crippen LogP contribution in [0.4, 0.5) is 4.79 Å². The molecular formula is C48H63N5O10S. The van der Waals surface area contributed by atoms with Gasteiger partial charge in [-0.1, -0.05) is 45.1 Å². The Morgan fingerprint density at radius 2 is 1.80 bits per heavy atom. The van der Waals surface area contributed by atoms with Crippen molar-refractivity contribution in [3.63, 3.8) is 0 Å². The number of rotatable bonds is 11. The molecule has 15 nitrogen and oxygen atoms in total. The van der Waals surface area contributed by atoms with E-state index in [1.54, 1.807) is 33.9 Å². The van der Waals surface area contributed by atoms with Gasteiger partial charge in [-0.3, -0.25) is 19.1 Å². The summed E-state index contributed by atoms with van der Waals surface area (Å²) in [5, 5.41) is 6.58. The summed E-state index contributed by atoms with van der Waals surface area (Å²) < 4.78 is 52.3. The van der Waals surface area contributed by atoms with Crippen LogP contribution in [0.3, 0.4) is 0 Å². The number of sulfonamides is 1. The Morgan fingerprint density at radius 1 is 1.03 bits per heavy atom. The molecule has 3 heterocycles. The van der Waals surface area contributed by atoms with Crippen molar-refractivity contribution in [3.05, 3.63) is 60.2 Å². The van der Waals surface area contributed by atoms with Gasteiger partial charge in [-0.05, 0) is 126 Å². The smallest absolute Gasteiger partial charge is 0.408 e. The molecule has 2 saturated carbocycles. The van der Waals surface area contributed by atoms with Gasteiger partial charge < -0.3 is 34.5 Å². The number of nitrogens with zero attached hydrogens (tertiary/aromatic N) is 2. The Balaban J connectivity index is 1.27. The number of hydrogen-bond acceptors (Lipinski definition) is 11. The van der Waals surface area contributed by atoms with Crippen LogP contribution in [0.15, 0.2) is 54.6 Å². The SMILES string of the molecule is CCCOc1cc(-c2cc3cc(OC)ccc3c(O[C@@H]3C[C@H]4C(=O)N[C@]5(C(=O)NS(=O)(=O)C6CC6)C[C@H]5/C=C\CC[C@@H](C)C[C@@H](C)[C@H](NC(=O)OC(C)(C)C)C(=O)N4C3)n2)ccc1C. The molecule has 346 valence electrons. The second kappa shape index (κ2) is 18.6. The number of alkyl carbamates (subject to hydrolysis) is 1. The normalized spacial score (nSPS) is 26.9. The summed E-state index contributed by atoms with van der Waals surface area (Å²) in [4.78, 5) is 63.6. The minimum atomic E-state index is -3.93. The Labute approximate surface area is 376 Å². The van der Waals surface area contributed by atoms with Crippen LogP contribution in [-0.2, 0) is 29.1 Å². The molecule has 0 spiro atoms. The zero-order valence-electron chi connectivity index (χ0n) is 38.2. The van der Waals surface area contributed by atoms with E-state index in [0.717, 1.165) is 35.1 Å². The Kier molecular flexibility index (Phi) is 13.6. The van der Waals surface area contributed by atoms with Crippen LogP contribution in [0.1, 0.15) is 98.5 Å². The fourth-order valence-electron chi connectivity index (χ4n) is 8.79. The zero-order chi connectivity index (χ0) is 46.1. The van der Waals surface area contributed by atoms with Crippen LogP contribution in [0.2, 0.25) is 0 Å². The number of benzene rings is 2. The average molecular weight is 902 g/mol. The monoisotopic (exact) mass is 901 g/mol. The van der Waals surface area contributed by atoms with E-state index in [1.807, 2.05) is 69.3 Å². The lowest BCUT2D eigenvalue weighted by Crippen LogP contribution is -2.59. The maximum absolute atomic E-state index is 15.1. The molecule has 0 radical (unpaired) electrons. The second-order valence-corrected chi connectivity index (χ2v) is 21.1. The third-order valence-corrected chi connectivity index (χ3v) is 14.3. The van der Waals surface area contributed by atoms with Crippen molar-refractivity contribution in [1.29, 1.82) is 0 Å². The molecule has 1 saturated heterocycles. The first-order valence-electron chi connectivity index (χ1n) is 22.5. The van der Waals surface area contributed by atoms with Gasteiger partial charge in [0.05, 0.1) is 31.2 Å². The topological polar surface area (TPSA) is 192 Å². The van der Waals surface area contributed by atoms with Crippen LogP contribution in [0.25, 0.3) is 22.0 Å². The molecule has 2 aliphatic heterocycles. The van der Waals surface area contributed by atoms with Gasteiger partial charge >= 0.3 is 6.09 Å². The van der Waals surface area contributed by atoms with E-state index < -0.39 is 74.3 Å². The quantitative estimate of drug-likeness (QED) is 0.173. The predicted octanol–water partition coefficient (Wildman–Crippen LogP) is 6.74. The van der Waals surface area contributed by atoms with E-state index in [9.17, 15) is 22.8 Å². The predicted molar refractivity (Wildman–Crippen MR) is 242 cm³/mol. The number of ether oxygens (including phenoxy) is 4. The summed E-state index contributed by atoms with van der Waals surface area (Å²) >= 11 is 0. The highest BCUT2D eigenvalue weighted by Gasteiger charge is 2.62. The molecule has 1 aromatic heterocycles. The highest BCUT2D eigenvalue weighted by molar-refractivity contribution is 7.91. The largest absolute Gasteiger partial charge is 0.497 e. The molecule has 7 atom stereocenters. The van der Waals surface area contributed by atoms with Gasteiger partial charge in [0.1, 0.15) is 40.8 Å². The lowest BCUT2D eigenvalue weighted by molar-refractivity contribution is -0.142. The van der Waals surface area contributed by atoms with Crippen LogP contribution in [0.5, 0.6) is 17.4 Å². The van der Waals surface area contributed by atoms with Crippen LogP contribution < -0.4 is 29.6 Å². The van der Waals surface area contributed by atoms with Crippen molar-refractivity contribution in [1.82, 2.24) is 25.2 Å². The van der Waals surface area contributed by atoms with Gasteiger partial charge in [-0.15, -0.1) is 0 Å². The first-order chi connectivity index (χ1) is 30.3. The van der Waals surface area contributed by atoms with E-state index >= 15 is 4.79 Å². The third-order valence-electron chi connectivity index (χ3n) is 12.5. The van der Waals surface area contributed by atoms with Crippen molar-refractivity contribution < 1.29 is 46.5 Å². The number of aromatic nitrogens is 1. The van der Waals surface area contributed by atoms with E-state index in [-0.39, 0.29) is 37.1 Å². The van der Waals surface area contributed by atoms with Crippen molar-refractivity contribution in [3.8, 4) is 28.6 Å². The van der Waals surface area contributed by atoms with Crippen molar-refractivity contribution >= 4 is 44.6 Å². The fraction of sp³-hybridized carbons (Fsp3) is 0.562. The molecule has 4 amide bonds. The molecule has 3 N–H and O–H groups in total. The third kappa shape index (κ3) is 10.6. The summed E-state index contributed by atoms with van der Waals surface area (Å²) in [6.45, 7) is 13.7. The molecule has 16 heteroatoms.